The second-order valence-corrected chi connectivity index (χ2v) is 5.33. The smallest absolute Gasteiger partial charge is 0.323 e. The maximum atomic E-state index is 12.2. The number of benzene rings is 1. The molecule has 0 spiro atoms. The molecule has 20 heavy (non-hydrogen) atoms. The molecule has 2 N–H and O–H groups in total. The second kappa shape index (κ2) is 6.61. The molecule has 0 bridgehead atoms. The fraction of sp³-hybridized carbons (Fsp3) is 0.429. The van der Waals surface area contributed by atoms with Crippen LogP contribution in [-0.2, 0) is 4.79 Å². The first-order valence-electron chi connectivity index (χ1n) is 6.61. The minimum atomic E-state index is -0.997. The lowest BCUT2D eigenvalue weighted by Crippen LogP contribution is -2.44. The number of hydrogen-bond donors (Lipinski definition) is 2. The number of nitrogens with one attached hydrogen (secondary N) is 1. The molecule has 1 aromatic carbocycles. The summed E-state index contributed by atoms with van der Waals surface area (Å²) in [4.78, 5) is 24.6. The summed E-state index contributed by atoms with van der Waals surface area (Å²) in [6, 6.07) is 6.37. The molecule has 1 fully saturated rings. The van der Waals surface area contributed by atoms with Gasteiger partial charge in [-0.1, -0.05) is 24.4 Å². The van der Waals surface area contributed by atoms with E-state index in [1.807, 2.05) is 0 Å². The molecular weight excluding hydrogens is 280 g/mol. The monoisotopic (exact) mass is 296 g/mol. The van der Waals surface area contributed by atoms with Crippen molar-refractivity contribution < 1.29 is 14.7 Å². The van der Waals surface area contributed by atoms with Crippen LogP contribution in [0.1, 0.15) is 25.7 Å². The van der Waals surface area contributed by atoms with Crippen LogP contribution in [0, 0.1) is 0 Å². The predicted octanol–water partition coefficient (Wildman–Crippen LogP) is 3.20. The first kappa shape index (κ1) is 14.7. The van der Waals surface area contributed by atoms with Crippen molar-refractivity contribution in [2.45, 2.75) is 31.7 Å². The molecule has 5 nitrogen and oxygen atoms in total. The van der Waals surface area contributed by atoms with Crippen LogP contribution >= 0.6 is 11.6 Å². The van der Waals surface area contributed by atoms with E-state index in [0.29, 0.717) is 10.7 Å². The van der Waals surface area contributed by atoms with Gasteiger partial charge in [-0.3, -0.25) is 4.79 Å². The summed E-state index contributed by atoms with van der Waals surface area (Å²) < 4.78 is 0. The van der Waals surface area contributed by atoms with E-state index >= 15 is 0 Å². The van der Waals surface area contributed by atoms with E-state index in [1.165, 1.54) is 4.90 Å². The van der Waals surface area contributed by atoms with Crippen LogP contribution in [0.3, 0.4) is 0 Å². The van der Waals surface area contributed by atoms with Gasteiger partial charge in [-0.05, 0) is 37.1 Å². The van der Waals surface area contributed by atoms with Crippen LogP contribution in [0.4, 0.5) is 10.5 Å². The number of aliphatic carboxylic acids is 1. The average Bonchev–Trinajstić information content (AvgIpc) is 2.92. The Kier molecular flexibility index (Phi) is 4.84. The summed E-state index contributed by atoms with van der Waals surface area (Å²) in [5.74, 6) is -0.997. The number of halogens is 1. The topological polar surface area (TPSA) is 69.6 Å². The molecule has 0 atom stereocenters. The van der Waals surface area contributed by atoms with Gasteiger partial charge in [-0.2, -0.15) is 0 Å². The Labute approximate surface area is 122 Å². The van der Waals surface area contributed by atoms with Gasteiger partial charge >= 0.3 is 12.0 Å². The van der Waals surface area contributed by atoms with Gasteiger partial charge in [0.2, 0.25) is 0 Å². The molecule has 0 aliphatic heterocycles. The third-order valence-electron chi connectivity index (χ3n) is 3.43. The number of anilines is 1. The van der Waals surface area contributed by atoms with Crippen molar-refractivity contribution in [1.29, 1.82) is 0 Å². The number of carbonyl (C=O) groups excluding carboxylic acids is 1. The van der Waals surface area contributed by atoms with Crippen LogP contribution < -0.4 is 5.32 Å². The minimum absolute atomic E-state index is 0.0124. The molecule has 1 aliphatic carbocycles. The fourth-order valence-corrected chi connectivity index (χ4v) is 2.58. The highest BCUT2D eigenvalue weighted by Gasteiger charge is 2.28. The summed E-state index contributed by atoms with van der Waals surface area (Å²) in [5.41, 5.74) is 0.604. The summed E-state index contributed by atoms with van der Waals surface area (Å²) in [7, 11) is 0. The zero-order valence-corrected chi connectivity index (χ0v) is 11.8. The summed E-state index contributed by atoms with van der Waals surface area (Å²) in [6.45, 7) is -0.274. The fourth-order valence-electron chi connectivity index (χ4n) is 2.46. The van der Waals surface area contributed by atoms with E-state index in [2.05, 4.69) is 5.32 Å². The van der Waals surface area contributed by atoms with Crippen molar-refractivity contribution in [3.8, 4) is 0 Å². The third kappa shape index (κ3) is 3.87. The number of carbonyl (C=O) groups is 2. The van der Waals surface area contributed by atoms with Crippen molar-refractivity contribution in [2.24, 2.45) is 0 Å². The SMILES string of the molecule is O=C(O)CN(C(=O)Nc1ccc(Cl)cc1)C1CCCC1. The minimum Gasteiger partial charge on any atom is -0.480 e. The van der Waals surface area contributed by atoms with Crippen LogP contribution in [0.5, 0.6) is 0 Å². The zero-order valence-electron chi connectivity index (χ0n) is 11.0. The number of carboxylic acids is 1. The van der Waals surface area contributed by atoms with Crippen molar-refractivity contribution >= 4 is 29.3 Å². The lowest BCUT2D eigenvalue weighted by atomic mass is 10.2. The molecule has 1 aromatic rings. The molecule has 0 unspecified atom stereocenters. The number of hydrogen-bond acceptors (Lipinski definition) is 2. The lowest BCUT2D eigenvalue weighted by molar-refractivity contribution is -0.138. The number of nitrogens with zero attached hydrogens (tertiary/aromatic N) is 1. The zero-order chi connectivity index (χ0) is 14.5. The summed E-state index contributed by atoms with van der Waals surface area (Å²) in [6.07, 6.45) is 3.80. The molecule has 108 valence electrons. The Balaban J connectivity index is 2.05. The van der Waals surface area contributed by atoms with E-state index in [0.717, 1.165) is 25.7 Å². The Hall–Kier alpha value is -1.75. The van der Waals surface area contributed by atoms with Crippen molar-refractivity contribution in [1.82, 2.24) is 4.90 Å². The second-order valence-electron chi connectivity index (χ2n) is 4.90. The Morgan fingerprint density at radius 3 is 2.40 bits per heavy atom. The molecule has 0 saturated heterocycles. The van der Waals surface area contributed by atoms with Gasteiger partial charge < -0.3 is 15.3 Å². The highest BCUT2D eigenvalue weighted by molar-refractivity contribution is 6.30. The van der Waals surface area contributed by atoms with Gasteiger partial charge in [0.25, 0.3) is 0 Å². The molecule has 1 saturated carbocycles. The van der Waals surface area contributed by atoms with E-state index in [1.54, 1.807) is 24.3 Å². The number of rotatable bonds is 4. The Morgan fingerprint density at radius 1 is 1.25 bits per heavy atom. The van der Waals surface area contributed by atoms with E-state index in [9.17, 15) is 9.59 Å². The Bertz CT molecular complexity index is 484. The first-order valence-corrected chi connectivity index (χ1v) is 6.99. The number of carboxylic acid groups (broad SMARTS) is 1. The number of amides is 2. The third-order valence-corrected chi connectivity index (χ3v) is 3.68. The number of urea groups is 1. The summed E-state index contributed by atoms with van der Waals surface area (Å²) in [5, 5.41) is 12.3. The highest BCUT2D eigenvalue weighted by Crippen LogP contribution is 2.24. The van der Waals surface area contributed by atoms with Crippen molar-refractivity contribution in [3.05, 3.63) is 29.3 Å². The van der Waals surface area contributed by atoms with E-state index in [-0.39, 0.29) is 18.6 Å². The standard InChI is InChI=1S/C14H17ClN2O3/c15-10-5-7-11(8-6-10)16-14(20)17(9-13(18)19)12-3-1-2-4-12/h5-8,12H,1-4,9H2,(H,16,20)(H,18,19). The van der Waals surface area contributed by atoms with Crippen LogP contribution in [-0.4, -0.2) is 34.6 Å². The molecule has 0 heterocycles. The predicted molar refractivity (Wildman–Crippen MR) is 77.1 cm³/mol. The van der Waals surface area contributed by atoms with Gasteiger partial charge in [-0.15, -0.1) is 0 Å². The van der Waals surface area contributed by atoms with Crippen molar-refractivity contribution in [2.75, 3.05) is 11.9 Å². The maximum Gasteiger partial charge on any atom is 0.323 e. The molecule has 2 rings (SSSR count). The molecular formula is C14H17ClN2O3. The molecule has 1 aliphatic rings. The first-order chi connectivity index (χ1) is 9.56. The van der Waals surface area contributed by atoms with Gasteiger partial charge in [-0.25, -0.2) is 4.79 Å². The Morgan fingerprint density at radius 2 is 1.85 bits per heavy atom. The molecule has 6 heteroatoms. The summed E-state index contributed by atoms with van der Waals surface area (Å²) >= 11 is 5.78. The van der Waals surface area contributed by atoms with Gasteiger partial charge in [0.05, 0.1) is 0 Å². The van der Waals surface area contributed by atoms with E-state index in [4.69, 9.17) is 16.7 Å². The largest absolute Gasteiger partial charge is 0.480 e. The molecule has 0 radical (unpaired) electrons. The van der Waals surface area contributed by atoms with E-state index < -0.39 is 5.97 Å². The van der Waals surface area contributed by atoms with Crippen LogP contribution in [0.25, 0.3) is 0 Å². The molecule has 0 aromatic heterocycles. The molecule has 2 amide bonds. The van der Waals surface area contributed by atoms with Crippen LogP contribution in [0.2, 0.25) is 5.02 Å². The van der Waals surface area contributed by atoms with Gasteiger partial charge in [0, 0.05) is 16.8 Å². The normalized spacial score (nSPS) is 15.1. The van der Waals surface area contributed by atoms with Gasteiger partial charge in [0.1, 0.15) is 6.54 Å². The highest BCUT2D eigenvalue weighted by atomic mass is 35.5. The van der Waals surface area contributed by atoms with Gasteiger partial charge in [0.15, 0.2) is 0 Å². The van der Waals surface area contributed by atoms with Crippen molar-refractivity contribution in [3.63, 3.8) is 0 Å². The van der Waals surface area contributed by atoms with Crippen LogP contribution in [0.15, 0.2) is 24.3 Å². The quantitative estimate of drug-likeness (QED) is 0.896. The average molecular weight is 297 g/mol. The lowest BCUT2D eigenvalue weighted by Gasteiger charge is -2.27. The maximum absolute atomic E-state index is 12.2.